The standard InChI is InChI=1S/C15H14ClF2N3OS/c1-21(2)12-7-6-9(8-19-12)14(22)20-11-5-3-4-10(16)13(11)23-15(17)18/h3-8,15H,1-2H3,(H,20,22). The first kappa shape index (κ1) is 17.5. The van der Waals surface area contributed by atoms with E-state index in [-0.39, 0.29) is 15.6 Å². The van der Waals surface area contributed by atoms with E-state index in [2.05, 4.69) is 10.3 Å². The number of hydrogen-bond acceptors (Lipinski definition) is 4. The van der Waals surface area contributed by atoms with Crippen LogP contribution in [-0.2, 0) is 0 Å². The van der Waals surface area contributed by atoms with Crippen molar-refractivity contribution in [1.82, 2.24) is 4.98 Å². The number of benzene rings is 1. The Labute approximate surface area is 141 Å². The van der Waals surface area contributed by atoms with Gasteiger partial charge in [-0.05, 0) is 24.3 Å². The summed E-state index contributed by atoms with van der Waals surface area (Å²) >= 11 is 6.23. The summed E-state index contributed by atoms with van der Waals surface area (Å²) in [5, 5.41) is 2.75. The number of nitrogens with one attached hydrogen (secondary N) is 1. The molecular weight excluding hydrogens is 344 g/mol. The van der Waals surface area contributed by atoms with Gasteiger partial charge >= 0.3 is 0 Å². The van der Waals surface area contributed by atoms with E-state index >= 15 is 0 Å². The molecule has 2 rings (SSSR count). The van der Waals surface area contributed by atoms with Crippen LogP contribution in [-0.4, -0.2) is 30.7 Å². The highest BCUT2D eigenvalue weighted by Crippen LogP contribution is 2.37. The number of aromatic nitrogens is 1. The molecule has 1 N–H and O–H groups in total. The average molecular weight is 358 g/mol. The molecule has 23 heavy (non-hydrogen) atoms. The predicted molar refractivity (Wildman–Crippen MR) is 89.8 cm³/mol. The maximum atomic E-state index is 12.6. The van der Waals surface area contributed by atoms with Gasteiger partial charge in [0.1, 0.15) is 5.82 Å². The van der Waals surface area contributed by atoms with Crippen LogP contribution in [0.4, 0.5) is 20.3 Å². The number of carbonyl (C=O) groups excluding carboxylic acids is 1. The van der Waals surface area contributed by atoms with E-state index in [1.165, 1.54) is 18.3 Å². The molecule has 4 nitrogen and oxygen atoms in total. The molecule has 0 saturated heterocycles. The summed E-state index contributed by atoms with van der Waals surface area (Å²) in [6.07, 6.45) is 1.43. The highest BCUT2D eigenvalue weighted by Gasteiger charge is 2.16. The molecule has 0 aliphatic heterocycles. The Hall–Kier alpha value is -1.86. The Balaban J connectivity index is 2.21. The van der Waals surface area contributed by atoms with Gasteiger partial charge < -0.3 is 10.2 Å². The lowest BCUT2D eigenvalue weighted by Crippen LogP contribution is -2.15. The highest BCUT2D eigenvalue weighted by molar-refractivity contribution is 7.99. The van der Waals surface area contributed by atoms with Crippen molar-refractivity contribution < 1.29 is 13.6 Å². The number of thioether (sulfide) groups is 1. The highest BCUT2D eigenvalue weighted by atomic mass is 35.5. The number of rotatable bonds is 5. The summed E-state index contributed by atoms with van der Waals surface area (Å²) in [6.45, 7) is 0. The van der Waals surface area contributed by atoms with Gasteiger partial charge in [-0.25, -0.2) is 4.98 Å². The Morgan fingerprint density at radius 3 is 2.61 bits per heavy atom. The second-order valence-corrected chi connectivity index (χ2v) is 6.16. The molecule has 0 spiro atoms. The summed E-state index contributed by atoms with van der Waals surface area (Å²) in [5.41, 5.74) is 0.563. The Kier molecular flexibility index (Phi) is 5.79. The van der Waals surface area contributed by atoms with Crippen molar-refractivity contribution in [3.8, 4) is 0 Å². The van der Waals surface area contributed by atoms with Crippen LogP contribution in [0.2, 0.25) is 5.02 Å². The molecule has 1 aromatic carbocycles. The molecule has 0 unspecified atom stereocenters. The fraction of sp³-hybridized carbons (Fsp3) is 0.200. The molecule has 0 saturated carbocycles. The molecule has 1 amide bonds. The topological polar surface area (TPSA) is 45.2 Å². The number of carbonyl (C=O) groups is 1. The van der Waals surface area contributed by atoms with Gasteiger partial charge in [-0.15, -0.1) is 0 Å². The minimum absolute atomic E-state index is 0.135. The number of anilines is 2. The third-order valence-electron chi connectivity index (χ3n) is 2.89. The normalized spacial score (nSPS) is 10.7. The maximum Gasteiger partial charge on any atom is 0.289 e. The number of alkyl halides is 2. The fourth-order valence-electron chi connectivity index (χ4n) is 1.80. The van der Waals surface area contributed by atoms with Crippen LogP contribution >= 0.6 is 23.4 Å². The van der Waals surface area contributed by atoms with Gasteiger partial charge in [-0.2, -0.15) is 8.78 Å². The predicted octanol–water partition coefficient (Wildman–Crippen LogP) is 4.37. The zero-order valence-corrected chi connectivity index (χ0v) is 14.0. The van der Waals surface area contributed by atoms with Crippen molar-refractivity contribution in [3.63, 3.8) is 0 Å². The van der Waals surface area contributed by atoms with Crippen LogP contribution in [0.15, 0.2) is 41.4 Å². The summed E-state index contributed by atoms with van der Waals surface area (Å²) in [4.78, 5) is 18.3. The maximum absolute atomic E-state index is 12.6. The van der Waals surface area contributed by atoms with Gasteiger partial charge in [0.15, 0.2) is 0 Å². The third-order valence-corrected chi connectivity index (χ3v) is 4.17. The molecule has 1 heterocycles. The Morgan fingerprint density at radius 1 is 1.30 bits per heavy atom. The molecule has 122 valence electrons. The molecular formula is C15H14ClF2N3OS. The minimum atomic E-state index is -2.63. The number of pyridine rings is 1. The lowest BCUT2D eigenvalue weighted by molar-refractivity contribution is 0.102. The second kappa shape index (κ2) is 7.61. The molecule has 0 atom stereocenters. The average Bonchev–Trinajstić information content (AvgIpc) is 2.50. The van der Waals surface area contributed by atoms with E-state index in [9.17, 15) is 13.6 Å². The number of amides is 1. The van der Waals surface area contributed by atoms with Crippen molar-refractivity contribution >= 4 is 40.8 Å². The van der Waals surface area contributed by atoms with Crippen molar-refractivity contribution in [2.45, 2.75) is 10.7 Å². The monoisotopic (exact) mass is 357 g/mol. The second-order valence-electron chi connectivity index (χ2n) is 4.75. The van der Waals surface area contributed by atoms with Gasteiger partial charge in [0, 0.05) is 20.3 Å². The summed E-state index contributed by atoms with van der Waals surface area (Å²) in [6, 6.07) is 7.91. The largest absolute Gasteiger partial charge is 0.363 e. The SMILES string of the molecule is CN(C)c1ccc(C(=O)Nc2cccc(Cl)c2SC(F)F)cn1. The molecule has 0 aliphatic rings. The minimum Gasteiger partial charge on any atom is -0.363 e. The van der Waals surface area contributed by atoms with Crippen LogP contribution in [0.1, 0.15) is 10.4 Å². The van der Waals surface area contributed by atoms with Crippen LogP contribution in [0.3, 0.4) is 0 Å². The van der Waals surface area contributed by atoms with Crippen LogP contribution in [0.5, 0.6) is 0 Å². The lowest BCUT2D eigenvalue weighted by Gasteiger charge is -2.13. The zero-order chi connectivity index (χ0) is 17.0. The Morgan fingerprint density at radius 2 is 2.04 bits per heavy atom. The van der Waals surface area contributed by atoms with Crippen molar-refractivity contribution in [1.29, 1.82) is 0 Å². The van der Waals surface area contributed by atoms with Gasteiger partial charge in [-0.3, -0.25) is 4.79 Å². The number of nitrogens with zero attached hydrogens (tertiary/aromatic N) is 2. The van der Waals surface area contributed by atoms with E-state index in [0.29, 0.717) is 23.1 Å². The van der Waals surface area contributed by atoms with E-state index in [1.54, 1.807) is 23.1 Å². The smallest absolute Gasteiger partial charge is 0.289 e. The molecule has 1 aromatic heterocycles. The Bertz CT molecular complexity index is 696. The quantitative estimate of drug-likeness (QED) is 0.807. The zero-order valence-electron chi connectivity index (χ0n) is 12.4. The van der Waals surface area contributed by atoms with E-state index in [4.69, 9.17) is 11.6 Å². The van der Waals surface area contributed by atoms with Gasteiger partial charge in [0.25, 0.3) is 11.7 Å². The van der Waals surface area contributed by atoms with Crippen LogP contribution in [0, 0.1) is 0 Å². The molecule has 0 bridgehead atoms. The lowest BCUT2D eigenvalue weighted by atomic mass is 10.2. The molecule has 8 heteroatoms. The summed E-state index contributed by atoms with van der Waals surface area (Å²) in [5.74, 6) is -2.37. The van der Waals surface area contributed by atoms with E-state index in [1.807, 2.05) is 14.1 Å². The van der Waals surface area contributed by atoms with Crippen molar-refractivity contribution in [3.05, 3.63) is 47.1 Å². The molecule has 2 aromatic rings. The molecule has 0 radical (unpaired) electrons. The van der Waals surface area contributed by atoms with Gasteiger partial charge in [0.05, 0.1) is 21.2 Å². The van der Waals surface area contributed by atoms with E-state index < -0.39 is 11.7 Å². The van der Waals surface area contributed by atoms with Crippen molar-refractivity contribution in [2.75, 3.05) is 24.3 Å². The first-order chi connectivity index (χ1) is 10.9. The first-order valence-electron chi connectivity index (χ1n) is 6.56. The van der Waals surface area contributed by atoms with Gasteiger partial charge in [-0.1, -0.05) is 29.4 Å². The van der Waals surface area contributed by atoms with Crippen LogP contribution in [0.25, 0.3) is 0 Å². The fourth-order valence-corrected chi connectivity index (χ4v) is 2.71. The summed E-state index contributed by atoms with van der Waals surface area (Å²) < 4.78 is 25.3. The molecule has 0 fully saturated rings. The number of hydrogen-bond donors (Lipinski definition) is 1. The summed E-state index contributed by atoms with van der Waals surface area (Å²) in [7, 11) is 3.67. The first-order valence-corrected chi connectivity index (χ1v) is 7.82. The van der Waals surface area contributed by atoms with Crippen LogP contribution < -0.4 is 10.2 Å². The molecule has 0 aliphatic carbocycles. The van der Waals surface area contributed by atoms with E-state index in [0.717, 1.165) is 0 Å². The number of halogens is 3. The van der Waals surface area contributed by atoms with Crippen molar-refractivity contribution in [2.24, 2.45) is 0 Å². The third kappa shape index (κ3) is 4.56. The van der Waals surface area contributed by atoms with Gasteiger partial charge in [0.2, 0.25) is 0 Å².